The van der Waals surface area contributed by atoms with Gasteiger partial charge in [-0.1, -0.05) is 33.1 Å². The quantitative estimate of drug-likeness (QED) is 0.766. The molecule has 144 valence electrons. The van der Waals surface area contributed by atoms with Gasteiger partial charge in [-0.25, -0.2) is 4.79 Å². The summed E-state index contributed by atoms with van der Waals surface area (Å²) in [4.78, 5) is 17.3. The number of ether oxygens (including phenoxy) is 1. The maximum absolute atomic E-state index is 12.7. The van der Waals surface area contributed by atoms with Crippen LogP contribution in [0, 0.1) is 11.8 Å². The molecular weight excluding hydrogens is 314 g/mol. The Morgan fingerprint density at radius 3 is 2.64 bits per heavy atom. The largest absolute Gasteiger partial charge is 0.374 e. The second kappa shape index (κ2) is 9.22. The summed E-state index contributed by atoms with van der Waals surface area (Å²) in [6, 6.07) is 0.629. The van der Waals surface area contributed by atoms with E-state index in [1.54, 1.807) is 0 Å². The maximum Gasteiger partial charge on any atom is 0.317 e. The molecule has 1 unspecified atom stereocenters. The minimum absolute atomic E-state index is 0.132. The SMILES string of the molecule is CC(C)CN1CCOC(CNC(=O)N(CC2CCCCC2)C2CC2)C1. The minimum Gasteiger partial charge on any atom is -0.374 e. The molecule has 2 aliphatic carbocycles. The molecule has 1 saturated heterocycles. The molecule has 1 heterocycles. The second-order valence-corrected chi connectivity index (χ2v) is 8.72. The summed E-state index contributed by atoms with van der Waals surface area (Å²) >= 11 is 0. The van der Waals surface area contributed by atoms with Crippen molar-refractivity contribution in [3.8, 4) is 0 Å². The van der Waals surface area contributed by atoms with Gasteiger partial charge >= 0.3 is 6.03 Å². The van der Waals surface area contributed by atoms with E-state index in [0.717, 1.165) is 32.8 Å². The van der Waals surface area contributed by atoms with E-state index in [-0.39, 0.29) is 12.1 Å². The molecule has 3 aliphatic rings. The average molecular weight is 352 g/mol. The number of urea groups is 1. The Labute approximate surface area is 153 Å². The van der Waals surface area contributed by atoms with Crippen molar-refractivity contribution in [2.24, 2.45) is 11.8 Å². The van der Waals surface area contributed by atoms with Crippen LogP contribution < -0.4 is 5.32 Å². The molecule has 0 radical (unpaired) electrons. The lowest BCUT2D eigenvalue weighted by molar-refractivity contribution is -0.0295. The van der Waals surface area contributed by atoms with Gasteiger partial charge in [0.05, 0.1) is 12.7 Å². The fraction of sp³-hybridized carbons (Fsp3) is 0.950. The van der Waals surface area contributed by atoms with Crippen molar-refractivity contribution in [2.75, 3.05) is 39.3 Å². The lowest BCUT2D eigenvalue weighted by Gasteiger charge is -2.35. The monoisotopic (exact) mass is 351 g/mol. The van der Waals surface area contributed by atoms with Crippen LogP contribution in [0.1, 0.15) is 58.8 Å². The van der Waals surface area contributed by atoms with Crippen molar-refractivity contribution in [2.45, 2.75) is 70.9 Å². The first kappa shape index (κ1) is 19.0. The Morgan fingerprint density at radius 2 is 1.96 bits per heavy atom. The van der Waals surface area contributed by atoms with Crippen molar-refractivity contribution in [3.05, 3.63) is 0 Å². The fourth-order valence-corrected chi connectivity index (χ4v) is 4.32. The lowest BCUT2D eigenvalue weighted by Crippen LogP contribution is -2.51. The Morgan fingerprint density at radius 1 is 1.20 bits per heavy atom. The zero-order valence-electron chi connectivity index (χ0n) is 16.2. The van der Waals surface area contributed by atoms with Crippen molar-refractivity contribution in [1.82, 2.24) is 15.1 Å². The molecule has 5 heteroatoms. The summed E-state index contributed by atoms with van der Waals surface area (Å²) in [7, 11) is 0. The van der Waals surface area contributed by atoms with Crippen molar-refractivity contribution in [1.29, 1.82) is 0 Å². The van der Waals surface area contributed by atoms with Gasteiger partial charge in [-0.15, -0.1) is 0 Å². The molecule has 5 nitrogen and oxygen atoms in total. The summed E-state index contributed by atoms with van der Waals surface area (Å²) in [5.74, 6) is 1.39. The van der Waals surface area contributed by atoms with Crippen molar-refractivity contribution < 1.29 is 9.53 Å². The van der Waals surface area contributed by atoms with Gasteiger partial charge in [-0.3, -0.25) is 4.90 Å². The molecule has 25 heavy (non-hydrogen) atoms. The average Bonchev–Trinajstić information content (AvgIpc) is 3.43. The number of nitrogens with zero attached hydrogens (tertiary/aromatic N) is 2. The fourth-order valence-electron chi connectivity index (χ4n) is 4.32. The highest BCUT2D eigenvalue weighted by atomic mass is 16.5. The van der Waals surface area contributed by atoms with Crippen LogP contribution >= 0.6 is 0 Å². The smallest absolute Gasteiger partial charge is 0.317 e. The van der Waals surface area contributed by atoms with Crippen LogP contribution in [0.25, 0.3) is 0 Å². The normalized spacial score (nSPS) is 26.0. The highest BCUT2D eigenvalue weighted by Gasteiger charge is 2.34. The molecule has 1 atom stereocenters. The summed E-state index contributed by atoms with van der Waals surface area (Å²) in [6.07, 6.45) is 9.15. The van der Waals surface area contributed by atoms with Gasteiger partial charge in [0.1, 0.15) is 0 Å². The van der Waals surface area contributed by atoms with Crippen LogP contribution in [0.3, 0.4) is 0 Å². The van der Waals surface area contributed by atoms with Crippen molar-refractivity contribution in [3.63, 3.8) is 0 Å². The molecule has 0 spiro atoms. The molecule has 0 aromatic rings. The molecule has 2 saturated carbocycles. The van der Waals surface area contributed by atoms with E-state index in [4.69, 9.17) is 4.74 Å². The van der Waals surface area contributed by atoms with E-state index in [9.17, 15) is 4.79 Å². The first-order valence-corrected chi connectivity index (χ1v) is 10.5. The topological polar surface area (TPSA) is 44.8 Å². The highest BCUT2D eigenvalue weighted by Crippen LogP contribution is 2.31. The summed E-state index contributed by atoms with van der Waals surface area (Å²) in [6.45, 7) is 9.95. The molecule has 3 rings (SSSR count). The number of morpholine rings is 1. The van der Waals surface area contributed by atoms with Crippen molar-refractivity contribution >= 4 is 6.03 Å². The van der Waals surface area contributed by atoms with E-state index in [1.807, 2.05) is 0 Å². The molecule has 0 aromatic heterocycles. The first-order chi connectivity index (χ1) is 12.1. The van der Waals surface area contributed by atoms with Crippen LogP contribution in [0.4, 0.5) is 4.79 Å². The predicted molar refractivity (Wildman–Crippen MR) is 101 cm³/mol. The molecule has 2 amide bonds. The van der Waals surface area contributed by atoms with Crippen LogP contribution in [0.5, 0.6) is 0 Å². The van der Waals surface area contributed by atoms with Crippen LogP contribution in [0.15, 0.2) is 0 Å². The summed E-state index contributed by atoms with van der Waals surface area (Å²) in [5, 5.41) is 3.17. The Balaban J connectivity index is 1.43. The number of rotatable bonds is 7. The van der Waals surface area contributed by atoms with Crippen LogP contribution in [-0.2, 0) is 4.74 Å². The van der Waals surface area contributed by atoms with E-state index in [0.29, 0.717) is 24.4 Å². The number of amides is 2. The van der Waals surface area contributed by atoms with Gasteiger partial charge in [0.25, 0.3) is 0 Å². The zero-order valence-corrected chi connectivity index (χ0v) is 16.2. The molecule has 3 fully saturated rings. The molecule has 1 N–H and O–H groups in total. The summed E-state index contributed by atoms with van der Waals surface area (Å²) in [5.41, 5.74) is 0. The third-order valence-electron chi connectivity index (χ3n) is 5.76. The Kier molecular flexibility index (Phi) is 7.00. The highest BCUT2D eigenvalue weighted by molar-refractivity contribution is 5.75. The number of hydrogen-bond donors (Lipinski definition) is 1. The maximum atomic E-state index is 12.7. The first-order valence-electron chi connectivity index (χ1n) is 10.5. The standard InChI is InChI=1S/C20H37N3O2/c1-16(2)13-22-10-11-25-19(15-22)12-21-20(24)23(18-8-9-18)14-17-6-4-3-5-7-17/h16-19H,3-15H2,1-2H3,(H,21,24). The molecule has 1 aliphatic heterocycles. The number of carbonyl (C=O) groups excluding carboxylic acids is 1. The van der Waals surface area contributed by atoms with E-state index in [2.05, 4.69) is 29.0 Å². The van der Waals surface area contributed by atoms with Gasteiger partial charge in [0, 0.05) is 38.8 Å². The number of carbonyl (C=O) groups is 1. The molecule has 0 aromatic carbocycles. The Hall–Kier alpha value is -0.810. The van der Waals surface area contributed by atoms with E-state index >= 15 is 0 Å². The number of hydrogen-bond acceptors (Lipinski definition) is 3. The van der Waals surface area contributed by atoms with E-state index < -0.39 is 0 Å². The summed E-state index contributed by atoms with van der Waals surface area (Å²) < 4.78 is 5.87. The van der Waals surface area contributed by atoms with Gasteiger partial charge < -0.3 is 15.0 Å². The third-order valence-corrected chi connectivity index (χ3v) is 5.76. The second-order valence-electron chi connectivity index (χ2n) is 8.72. The van der Waals surface area contributed by atoms with Gasteiger partial charge in [-0.2, -0.15) is 0 Å². The zero-order chi connectivity index (χ0) is 17.6. The van der Waals surface area contributed by atoms with Crippen LogP contribution in [-0.4, -0.2) is 67.3 Å². The van der Waals surface area contributed by atoms with Gasteiger partial charge in [0.2, 0.25) is 0 Å². The minimum atomic E-state index is 0.132. The lowest BCUT2D eigenvalue weighted by atomic mass is 9.89. The molecule has 0 bridgehead atoms. The van der Waals surface area contributed by atoms with Crippen LogP contribution in [0.2, 0.25) is 0 Å². The van der Waals surface area contributed by atoms with Gasteiger partial charge in [-0.05, 0) is 37.5 Å². The van der Waals surface area contributed by atoms with Gasteiger partial charge in [0.15, 0.2) is 0 Å². The third kappa shape index (κ3) is 6.14. The number of nitrogens with one attached hydrogen (secondary N) is 1. The van der Waals surface area contributed by atoms with E-state index in [1.165, 1.54) is 44.9 Å². The molecular formula is C20H37N3O2. The predicted octanol–water partition coefficient (Wildman–Crippen LogP) is 3.10. The Bertz CT molecular complexity index is 419.